The number of halogens is 2. The largest absolute Gasteiger partial charge is 0.487 e. The first-order chi connectivity index (χ1) is 15.0. The van der Waals surface area contributed by atoms with Gasteiger partial charge in [-0.3, -0.25) is 4.57 Å². The van der Waals surface area contributed by atoms with Crippen molar-refractivity contribution in [2.75, 3.05) is 32.6 Å². The van der Waals surface area contributed by atoms with Crippen LogP contribution < -0.4 is 25.7 Å². The smallest absolute Gasteiger partial charge is 0.340 e. The maximum absolute atomic E-state index is 15.5. The fraction of sp³-hybridized carbons (Fsp3) is 0.529. The van der Waals surface area contributed by atoms with Crippen molar-refractivity contribution >= 4 is 39.0 Å². The lowest BCUT2D eigenvalue weighted by atomic mass is 10.1. The maximum Gasteiger partial charge on any atom is 0.340 e. The summed E-state index contributed by atoms with van der Waals surface area (Å²) in [4.78, 5) is 18.0. The van der Waals surface area contributed by atoms with Crippen LogP contribution in [0.5, 0.6) is 11.5 Å². The molecular weight excluding hydrogens is 491 g/mol. The quantitative estimate of drug-likeness (QED) is 0.195. The number of nitrogens with one attached hydrogen (secondary N) is 1. The van der Waals surface area contributed by atoms with Crippen LogP contribution in [-0.4, -0.2) is 50.8 Å². The third-order valence-corrected chi connectivity index (χ3v) is 8.21. The molecule has 0 aliphatic carbocycles. The molecule has 15 heteroatoms. The minimum absolute atomic E-state index is 0.00185. The summed E-state index contributed by atoms with van der Waals surface area (Å²) in [5.74, 6) is -3.00. The number of aryl methyl sites for hydroxylation is 1. The number of benzene rings is 1. The van der Waals surface area contributed by atoms with E-state index >= 15 is 8.78 Å². The summed E-state index contributed by atoms with van der Waals surface area (Å²) >= 11 is 0.439. The van der Waals surface area contributed by atoms with Gasteiger partial charge in [-0.05, 0) is 37.9 Å². The van der Waals surface area contributed by atoms with E-state index in [1.807, 2.05) is 0 Å². The second kappa shape index (κ2) is 11.2. The number of sulfonamides is 1. The van der Waals surface area contributed by atoms with Crippen molar-refractivity contribution in [3.05, 3.63) is 17.2 Å². The van der Waals surface area contributed by atoms with Crippen molar-refractivity contribution in [2.24, 2.45) is 11.5 Å². The Morgan fingerprint density at radius 2 is 1.59 bits per heavy atom. The van der Waals surface area contributed by atoms with E-state index in [0.717, 1.165) is 0 Å². The number of rotatable bonds is 13. The van der Waals surface area contributed by atoms with Gasteiger partial charge < -0.3 is 30.7 Å². The van der Waals surface area contributed by atoms with Crippen molar-refractivity contribution in [2.45, 2.75) is 30.4 Å². The Hall–Kier alpha value is -1.38. The molecule has 1 aromatic heterocycles. The number of thiophene rings is 1. The van der Waals surface area contributed by atoms with E-state index in [2.05, 4.69) is 0 Å². The number of nitrogens with two attached hydrogens (primary N) is 2. The third kappa shape index (κ3) is 6.14. The average molecular weight is 518 g/mol. The zero-order valence-electron chi connectivity index (χ0n) is 17.3. The van der Waals surface area contributed by atoms with Crippen LogP contribution in [0.15, 0.2) is 4.21 Å². The summed E-state index contributed by atoms with van der Waals surface area (Å²) in [5, 5.41) is -0.291. The molecular formula is C17H26F2N3O7PS2. The lowest BCUT2D eigenvalue weighted by Crippen LogP contribution is -2.24. The molecule has 0 atom stereocenters. The number of hydrogen-bond acceptors (Lipinski definition) is 8. The molecule has 0 bridgehead atoms. The zero-order chi connectivity index (χ0) is 24.1. The Morgan fingerprint density at radius 1 is 1.06 bits per heavy atom. The molecule has 182 valence electrons. The first-order valence-corrected chi connectivity index (χ1v) is 13.7. The highest BCUT2D eigenvalue weighted by molar-refractivity contribution is 7.92. The normalized spacial score (nSPS) is 12.5. The number of hydrogen-bond donors (Lipinski definition) is 5. The van der Waals surface area contributed by atoms with Crippen LogP contribution in [0.4, 0.5) is 8.78 Å². The molecule has 2 rings (SSSR count). The summed E-state index contributed by atoms with van der Waals surface area (Å²) in [5.41, 5.74) is 10.8. The first-order valence-electron chi connectivity index (χ1n) is 9.64. The van der Waals surface area contributed by atoms with Gasteiger partial charge in [-0.25, -0.2) is 17.2 Å². The van der Waals surface area contributed by atoms with Crippen LogP contribution in [0, 0.1) is 11.6 Å². The van der Waals surface area contributed by atoms with Gasteiger partial charge >= 0.3 is 7.60 Å². The molecule has 0 spiro atoms. The lowest BCUT2D eigenvalue weighted by molar-refractivity contribution is 0.247. The zero-order valence-corrected chi connectivity index (χ0v) is 19.8. The molecule has 7 N–H and O–H groups in total. The van der Waals surface area contributed by atoms with Crippen LogP contribution in [-0.2, 0) is 21.0 Å². The molecule has 0 amide bonds. The Morgan fingerprint density at radius 3 is 2.06 bits per heavy atom. The van der Waals surface area contributed by atoms with Crippen molar-refractivity contribution in [3.63, 3.8) is 0 Å². The van der Waals surface area contributed by atoms with E-state index in [1.54, 1.807) is 11.6 Å². The fourth-order valence-corrected chi connectivity index (χ4v) is 6.77. The summed E-state index contributed by atoms with van der Waals surface area (Å²) in [7, 11) is -9.17. The molecule has 0 saturated heterocycles. The highest BCUT2D eigenvalue weighted by atomic mass is 32.2. The lowest BCUT2D eigenvalue weighted by Gasteiger charge is -2.15. The average Bonchev–Trinajstić information content (AvgIpc) is 3.13. The minimum Gasteiger partial charge on any atom is -0.487 e. The molecule has 0 radical (unpaired) electrons. The Kier molecular flexibility index (Phi) is 9.37. The second-order valence-electron chi connectivity index (χ2n) is 6.66. The van der Waals surface area contributed by atoms with Gasteiger partial charge in [-0.2, -0.15) is 4.72 Å². The summed E-state index contributed by atoms with van der Waals surface area (Å²) in [6.45, 7) is 2.00. The predicted octanol–water partition coefficient (Wildman–Crippen LogP) is 1.61. The van der Waals surface area contributed by atoms with Gasteiger partial charge in [0.25, 0.3) is 10.0 Å². The van der Waals surface area contributed by atoms with Gasteiger partial charge in [0.1, 0.15) is 10.5 Å². The Labute approximate surface area is 188 Å². The molecule has 0 aliphatic rings. The minimum atomic E-state index is -4.70. The van der Waals surface area contributed by atoms with E-state index in [0.29, 0.717) is 24.2 Å². The van der Waals surface area contributed by atoms with Crippen LogP contribution in [0.1, 0.15) is 25.3 Å². The molecule has 32 heavy (non-hydrogen) atoms. The highest BCUT2D eigenvalue weighted by Crippen LogP contribution is 2.47. The summed E-state index contributed by atoms with van der Waals surface area (Å²) in [6.07, 6.45) is -0.438. The number of ether oxygens (including phenoxy) is 2. The van der Waals surface area contributed by atoms with E-state index in [1.165, 1.54) is 0 Å². The molecule has 2 aromatic rings. The van der Waals surface area contributed by atoms with E-state index in [-0.39, 0.29) is 48.4 Å². The first kappa shape index (κ1) is 26.9. The van der Waals surface area contributed by atoms with Gasteiger partial charge in [-0.15, -0.1) is 11.3 Å². The van der Waals surface area contributed by atoms with E-state index in [4.69, 9.17) is 30.7 Å². The number of fused-ring (bicyclic) bond motifs is 1. The van der Waals surface area contributed by atoms with Gasteiger partial charge in [0.15, 0.2) is 11.6 Å². The third-order valence-electron chi connectivity index (χ3n) is 4.24. The Bertz CT molecular complexity index is 1110. The summed E-state index contributed by atoms with van der Waals surface area (Å²) in [6, 6.07) is 0. The molecule has 1 aromatic carbocycles. The van der Waals surface area contributed by atoms with Crippen molar-refractivity contribution < 1.29 is 41.0 Å². The highest BCUT2D eigenvalue weighted by Gasteiger charge is 2.32. The van der Waals surface area contributed by atoms with Crippen LogP contribution in [0.25, 0.3) is 10.1 Å². The molecule has 0 aliphatic heterocycles. The second-order valence-corrected chi connectivity index (χ2v) is 11.3. The predicted molar refractivity (Wildman–Crippen MR) is 117 cm³/mol. The molecule has 1 heterocycles. The molecule has 0 fully saturated rings. The topological polar surface area (TPSA) is 174 Å². The van der Waals surface area contributed by atoms with Crippen molar-refractivity contribution in [1.82, 2.24) is 4.72 Å². The standard InChI is InChI=1S/C17H26F2N3O7PS2/c1-2-10-11-12(18)14(28-7-3-5-20)15(29-8-4-6-21)13(19)16(11)31-17(10)32(26,27)22-9-30(23,24)25/h22H,2-9,20-21H2,1H3,(H2,23,24,25). The maximum atomic E-state index is 15.5. The van der Waals surface area contributed by atoms with E-state index in [9.17, 15) is 13.0 Å². The molecule has 10 nitrogen and oxygen atoms in total. The summed E-state index contributed by atoms with van der Waals surface area (Å²) < 4.78 is 79.1. The SMILES string of the molecule is CCc1c(S(=O)(=O)NCP(=O)(O)O)sc2c(F)c(OCCCN)c(OCCCN)c(F)c12. The van der Waals surface area contributed by atoms with Crippen LogP contribution >= 0.6 is 18.9 Å². The van der Waals surface area contributed by atoms with Gasteiger partial charge in [0, 0.05) is 5.39 Å². The van der Waals surface area contributed by atoms with E-state index < -0.39 is 51.2 Å². The van der Waals surface area contributed by atoms with Crippen LogP contribution in [0.3, 0.4) is 0 Å². The van der Waals surface area contributed by atoms with Crippen LogP contribution in [0.2, 0.25) is 0 Å². The molecule has 0 unspecified atom stereocenters. The Balaban J connectivity index is 2.70. The van der Waals surface area contributed by atoms with Crippen molar-refractivity contribution in [1.29, 1.82) is 0 Å². The fourth-order valence-electron chi connectivity index (χ4n) is 2.79. The van der Waals surface area contributed by atoms with Crippen molar-refractivity contribution in [3.8, 4) is 11.5 Å². The molecule has 0 saturated carbocycles. The van der Waals surface area contributed by atoms with Gasteiger partial charge in [0.05, 0.1) is 17.9 Å². The van der Waals surface area contributed by atoms with Gasteiger partial charge in [0.2, 0.25) is 11.5 Å². The van der Waals surface area contributed by atoms with Gasteiger partial charge in [-0.1, -0.05) is 6.92 Å². The monoisotopic (exact) mass is 517 g/mol.